The van der Waals surface area contributed by atoms with Gasteiger partial charge in [-0.15, -0.1) is 0 Å². The number of aryl methyl sites for hydroxylation is 2. The fraction of sp³-hybridized carbons (Fsp3) is 0.435. The number of ketones is 1. The van der Waals surface area contributed by atoms with E-state index < -0.39 is 5.41 Å². The second-order valence-corrected chi connectivity index (χ2v) is 7.49. The van der Waals surface area contributed by atoms with Gasteiger partial charge < -0.3 is 4.90 Å². The molecule has 0 aliphatic rings. The van der Waals surface area contributed by atoms with Gasteiger partial charge in [-0.25, -0.2) is 0 Å². The molecule has 0 saturated heterocycles. The second-order valence-electron chi connectivity index (χ2n) is 7.49. The number of Topliss-reactive ketones (excluding diaryl/α,β-unsaturated/α-hetero) is 1. The molecule has 0 N–H and O–H groups in total. The van der Waals surface area contributed by atoms with E-state index >= 15 is 0 Å². The number of nitrogens with zero attached hydrogens (tertiary/aromatic N) is 1. The maximum absolute atomic E-state index is 13.5. The third-order valence-corrected chi connectivity index (χ3v) is 5.09. The molecule has 0 heterocycles. The lowest BCUT2D eigenvalue weighted by Crippen LogP contribution is -2.46. The predicted molar refractivity (Wildman–Crippen MR) is 106 cm³/mol. The first-order valence-corrected chi connectivity index (χ1v) is 9.14. The lowest BCUT2D eigenvalue weighted by atomic mass is 9.62. The van der Waals surface area contributed by atoms with Crippen molar-refractivity contribution in [2.24, 2.45) is 5.92 Å². The minimum Gasteiger partial charge on any atom is -0.309 e. The highest BCUT2D eigenvalue weighted by atomic mass is 16.1. The zero-order valence-electron chi connectivity index (χ0n) is 16.5. The van der Waals surface area contributed by atoms with Crippen LogP contribution in [0.5, 0.6) is 0 Å². The van der Waals surface area contributed by atoms with Crippen LogP contribution >= 0.6 is 0 Å². The Morgan fingerprint density at radius 2 is 1.48 bits per heavy atom. The zero-order chi connectivity index (χ0) is 18.6. The summed E-state index contributed by atoms with van der Waals surface area (Å²) < 4.78 is 0. The topological polar surface area (TPSA) is 20.3 Å². The molecule has 0 bridgehead atoms. The van der Waals surface area contributed by atoms with Crippen LogP contribution in [-0.4, -0.2) is 31.3 Å². The molecule has 0 spiro atoms. The lowest BCUT2D eigenvalue weighted by Gasteiger charge is -2.40. The van der Waals surface area contributed by atoms with Crippen LogP contribution in [0.3, 0.4) is 0 Å². The molecule has 0 aromatic heterocycles. The van der Waals surface area contributed by atoms with E-state index in [4.69, 9.17) is 0 Å². The van der Waals surface area contributed by atoms with Crippen LogP contribution in [-0.2, 0) is 10.2 Å². The van der Waals surface area contributed by atoms with Crippen LogP contribution in [0, 0.1) is 19.8 Å². The van der Waals surface area contributed by atoms with Gasteiger partial charge in [0.1, 0.15) is 5.78 Å². The molecule has 0 aliphatic carbocycles. The Labute approximate surface area is 152 Å². The summed E-state index contributed by atoms with van der Waals surface area (Å²) in [5, 5.41) is 0. The lowest BCUT2D eigenvalue weighted by molar-refractivity contribution is -0.124. The summed E-state index contributed by atoms with van der Waals surface area (Å²) in [5.74, 6) is 0.455. The highest BCUT2D eigenvalue weighted by molar-refractivity contribution is 5.94. The van der Waals surface area contributed by atoms with E-state index in [0.717, 1.165) is 17.7 Å². The fourth-order valence-corrected chi connectivity index (χ4v) is 4.08. The minimum absolute atomic E-state index is 0.165. The van der Waals surface area contributed by atoms with Crippen molar-refractivity contribution in [1.82, 2.24) is 4.90 Å². The Balaban J connectivity index is 2.80. The van der Waals surface area contributed by atoms with E-state index in [1.165, 1.54) is 11.1 Å². The van der Waals surface area contributed by atoms with Crippen molar-refractivity contribution in [1.29, 1.82) is 0 Å². The van der Waals surface area contributed by atoms with Crippen molar-refractivity contribution in [2.75, 3.05) is 20.6 Å². The molecule has 2 rings (SSSR count). The average Bonchev–Trinajstić information content (AvgIpc) is 2.55. The molecule has 134 valence electrons. The summed E-state index contributed by atoms with van der Waals surface area (Å²) >= 11 is 0. The number of carbonyl (C=O) groups is 1. The van der Waals surface area contributed by atoms with Crippen LogP contribution in [0.15, 0.2) is 48.5 Å². The van der Waals surface area contributed by atoms with Crippen molar-refractivity contribution < 1.29 is 4.79 Å². The van der Waals surface area contributed by atoms with Crippen molar-refractivity contribution in [3.05, 3.63) is 70.8 Å². The van der Waals surface area contributed by atoms with Gasteiger partial charge in [-0.2, -0.15) is 0 Å². The SMILES string of the molecule is CCC(=O)C(c1cccc(C)c1)(c1cccc(C)c1)[C@H](C)CN(C)C. The molecule has 2 heteroatoms. The maximum atomic E-state index is 13.5. The number of rotatable bonds is 7. The summed E-state index contributed by atoms with van der Waals surface area (Å²) in [6.07, 6.45) is 0.527. The highest BCUT2D eigenvalue weighted by Gasteiger charge is 2.45. The summed E-state index contributed by atoms with van der Waals surface area (Å²) in [5.41, 5.74) is 3.99. The van der Waals surface area contributed by atoms with Gasteiger partial charge in [-0.05, 0) is 45.0 Å². The van der Waals surface area contributed by atoms with Crippen LogP contribution in [0.4, 0.5) is 0 Å². The average molecular weight is 338 g/mol. The molecule has 2 aromatic carbocycles. The number of carbonyl (C=O) groups excluding carboxylic acids is 1. The first-order chi connectivity index (χ1) is 11.8. The molecular formula is C23H31NO. The number of benzene rings is 2. The standard InChI is InChI=1S/C23H31NO/c1-7-22(25)23(19(4)16-24(5)6,20-12-8-10-17(2)14-20)21-13-9-11-18(3)15-21/h8-15,19H,7,16H2,1-6H3/t19-/m1/s1. The van der Waals surface area contributed by atoms with Gasteiger partial charge in [0, 0.05) is 13.0 Å². The molecule has 0 unspecified atom stereocenters. The first kappa shape index (κ1) is 19.4. The molecule has 2 nitrogen and oxygen atoms in total. The number of hydrogen-bond acceptors (Lipinski definition) is 2. The molecular weight excluding hydrogens is 306 g/mol. The van der Waals surface area contributed by atoms with E-state index in [0.29, 0.717) is 6.42 Å². The molecule has 1 atom stereocenters. The van der Waals surface area contributed by atoms with Crippen LogP contribution in [0.1, 0.15) is 42.5 Å². The fourth-order valence-electron chi connectivity index (χ4n) is 4.08. The first-order valence-electron chi connectivity index (χ1n) is 9.14. The van der Waals surface area contributed by atoms with Gasteiger partial charge in [0.2, 0.25) is 0 Å². The molecule has 0 amide bonds. The minimum atomic E-state index is -0.614. The van der Waals surface area contributed by atoms with Crippen molar-refractivity contribution in [3.8, 4) is 0 Å². The summed E-state index contributed by atoms with van der Waals surface area (Å²) in [6, 6.07) is 16.9. The van der Waals surface area contributed by atoms with E-state index in [2.05, 4.69) is 88.3 Å². The predicted octanol–water partition coefficient (Wildman–Crippen LogP) is 4.77. The van der Waals surface area contributed by atoms with Gasteiger partial charge in [-0.1, -0.05) is 73.5 Å². The van der Waals surface area contributed by atoms with Crippen LogP contribution < -0.4 is 0 Å². The van der Waals surface area contributed by atoms with Gasteiger partial charge in [0.25, 0.3) is 0 Å². The van der Waals surface area contributed by atoms with Crippen molar-refractivity contribution >= 4 is 5.78 Å². The van der Waals surface area contributed by atoms with Crippen molar-refractivity contribution in [2.45, 2.75) is 39.5 Å². The normalized spacial score (nSPS) is 13.1. The van der Waals surface area contributed by atoms with Crippen LogP contribution in [0.25, 0.3) is 0 Å². The van der Waals surface area contributed by atoms with E-state index in [-0.39, 0.29) is 11.7 Å². The smallest absolute Gasteiger partial charge is 0.147 e. The third kappa shape index (κ3) is 3.85. The van der Waals surface area contributed by atoms with E-state index in [1.54, 1.807) is 0 Å². The number of hydrogen-bond donors (Lipinski definition) is 0. The Morgan fingerprint density at radius 3 is 1.84 bits per heavy atom. The monoisotopic (exact) mass is 337 g/mol. The molecule has 0 aliphatic heterocycles. The maximum Gasteiger partial charge on any atom is 0.147 e. The zero-order valence-corrected chi connectivity index (χ0v) is 16.5. The van der Waals surface area contributed by atoms with Crippen LogP contribution in [0.2, 0.25) is 0 Å². The third-order valence-electron chi connectivity index (χ3n) is 5.09. The second kappa shape index (κ2) is 7.97. The summed E-state index contributed by atoms with van der Waals surface area (Å²) in [7, 11) is 4.15. The Hall–Kier alpha value is -1.93. The van der Waals surface area contributed by atoms with Crippen molar-refractivity contribution in [3.63, 3.8) is 0 Å². The van der Waals surface area contributed by atoms with Gasteiger partial charge in [0.15, 0.2) is 0 Å². The highest BCUT2D eigenvalue weighted by Crippen LogP contribution is 2.42. The summed E-state index contributed by atoms with van der Waals surface area (Å²) in [4.78, 5) is 15.6. The molecule has 0 radical (unpaired) electrons. The van der Waals surface area contributed by atoms with E-state index in [9.17, 15) is 4.79 Å². The Kier molecular flexibility index (Phi) is 6.18. The van der Waals surface area contributed by atoms with Gasteiger partial charge in [-0.3, -0.25) is 4.79 Å². The molecule has 0 fully saturated rings. The Morgan fingerprint density at radius 1 is 1.00 bits per heavy atom. The van der Waals surface area contributed by atoms with Gasteiger partial charge in [0.05, 0.1) is 5.41 Å². The quantitative estimate of drug-likeness (QED) is 0.725. The van der Waals surface area contributed by atoms with E-state index in [1.807, 2.05) is 6.92 Å². The molecule has 25 heavy (non-hydrogen) atoms. The summed E-state index contributed by atoms with van der Waals surface area (Å²) in [6.45, 7) is 9.23. The Bertz CT molecular complexity index is 687. The van der Waals surface area contributed by atoms with Gasteiger partial charge >= 0.3 is 0 Å². The largest absolute Gasteiger partial charge is 0.309 e. The molecule has 2 aromatic rings. The molecule has 0 saturated carbocycles.